The minimum atomic E-state index is -0.607. The van der Waals surface area contributed by atoms with Crippen molar-refractivity contribution in [1.29, 1.82) is 0 Å². The SMILES string of the molecule is O=[N+]([O-])C(CCCO)CCCO. The number of nitro groups is 1. The van der Waals surface area contributed by atoms with E-state index in [9.17, 15) is 10.1 Å². The average Bonchev–Trinajstić information content (AvgIpc) is 2.04. The van der Waals surface area contributed by atoms with Gasteiger partial charge in [0.05, 0.1) is 0 Å². The maximum absolute atomic E-state index is 10.4. The third-order valence-electron chi connectivity index (χ3n) is 1.69. The van der Waals surface area contributed by atoms with Crippen LogP contribution in [0.5, 0.6) is 0 Å². The molecule has 0 aromatic heterocycles. The van der Waals surface area contributed by atoms with Crippen LogP contribution < -0.4 is 0 Å². The summed E-state index contributed by atoms with van der Waals surface area (Å²) in [6.07, 6.45) is 1.70. The van der Waals surface area contributed by atoms with Crippen molar-refractivity contribution >= 4 is 0 Å². The van der Waals surface area contributed by atoms with E-state index in [0.717, 1.165) is 0 Å². The lowest BCUT2D eigenvalue weighted by Crippen LogP contribution is -2.20. The lowest BCUT2D eigenvalue weighted by molar-refractivity contribution is -0.524. The molecule has 0 heterocycles. The summed E-state index contributed by atoms with van der Waals surface area (Å²) in [6, 6.07) is -0.607. The lowest BCUT2D eigenvalue weighted by atomic mass is 10.1. The van der Waals surface area contributed by atoms with E-state index < -0.39 is 6.04 Å². The molecule has 0 aliphatic carbocycles. The van der Waals surface area contributed by atoms with Crippen LogP contribution in [0.25, 0.3) is 0 Å². The fourth-order valence-corrected chi connectivity index (χ4v) is 1.01. The molecule has 0 radical (unpaired) electrons. The first-order valence-corrected chi connectivity index (χ1v) is 4.07. The largest absolute Gasteiger partial charge is 0.396 e. The Morgan fingerprint density at radius 1 is 1.17 bits per heavy atom. The highest BCUT2D eigenvalue weighted by Gasteiger charge is 2.17. The Morgan fingerprint density at radius 2 is 1.58 bits per heavy atom. The van der Waals surface area contributed by atoms with Crippen LogP contribution in [-0.4, -0.2) is 34.4 Å². The monoisotopic (exact) mass is 177 g/mol. The minimum absolute atomic E-state index is 0.0105. The van der Waals surface area contributed by atoms with Gasteiger partial charge in [0.1, 0.15) is 0 Å². The van der Waals surface area contributed by atoms with E-state index >= 15 is 0 Å². The van der Waals surface area contributed by atoms with Gasteiger partial charge in [-0.3, -0.25) is 10.1 Å². The van der Waals surface area contributed by atoms with Crippen molar-refractivity contribution in [2.24, 2.45) is 0 Å². The lowest BCUT2D eigenvalue weighted by Gasteiger charge is -2.06. The Hall–Kier alpha value is -0.680. The highest BCUT2D eigenvalue weighted by atomic mass is 16.6. The van der Waals surface area contributed by atoms with Gasteiger partial charge in [-0.2, -0.15) is 0 Å². The van der Waals surface area contributed by atoms with Gasteiger partial charge in [-0.1, -0.05) is 0 Å². The van der Waals surface area contributed by atoms with Gasteiger partial charge in [0, 0.05) is 31.0 Å². The Morgan fingerprint density at radius 3 is 1.83 bits per heavy atom. The van der Waals surface area contributed by atoms with E-state index in [1.807, 2.05) is 0 Å². The van der Waals surface area contributed by atoms with Crippen LogP contribution in [-0.2, 0) is 0 Å². The number of hydrogen-bond donors (Lipinski definition) is 2. The molecule has 0 rings (SSSR count). The zero-order valence-electron chi connectivity index (χ0n) is 6.98. The number of nitrogens with zero attached hydrogens (tertiary/aromatic N) is 1. The van der Waals surface area contributed by atoms with E-state index in [2.05, 4.69) is 0 Å². The highest BCUT2D eigenvalue weighted by molar-refractivity contribution is 4.56. The average molecular weight is 177 g/mol. The number of aliphatic hydroxyl groups excluding tert-OH is 2. The normalized spacial score (nSPS) is 10.6. The molecule has 5 heteroatoms. The summed E-state index contributed by atoms with van der Waals surface area (Å²) in [5.41, 5.74) is 0. The van der Waals surface area contributed by atoms with Crippen LogP contribution in [0.3, 0.4) is 0 Å². The minimum Gasteiger partial charge on any atom is -0.396 e. The van der Waals surface area contributed by atoms with E-state index in [1.54, 1.807) is 0 Å². The van der Waals surface area contributed by atoms with Gasteiger partial charge in [-0.25, -0.2) is 0 Å². The summed E-state index contributed by atoms with van der Waals surface area (Å²) in [4.78, 5) is 10.0. The zero-order chi connectivity index (χ0) is 9.40. The summed E-state index contributed by atoms with van der Waals surface area (Å²) < 4.78 is 0. The van der Waals surface area contributed by atoms with Gasteiger partial charge < -0.3 is 10.2 Å². The zero-order valence-corrected chi connectivity index (χ0v) is 6.98. The number of aliphatic hydroxyl groups is 2. The highest BCUT2D eigenvalue weighted by Crippen LogP contribution is 2.07. The van der Waals surface area contributed by atoms with Crippen LogP contribution in [0.2, 0.25) is 0 Å². The molecule has 0 atom stereocenters. The molecular formula is C7H15NO4. The standard InChI is InChI=1S/C7H15NO4/c9-5-1-3-7(8(11)12)4-2-6-10/h7,9-10H,1-6H2. The van der Waals surface area contributed by atoms with E-state index in [-0.39, 0.29) is 18.1 Å². The van der Waals surface area contributed by atoms with Gasteiger partial charge in [-0.05, 0) is 12.8 Å². The van der Waals surface area contributed by atoms with Crippen molar-refractivity contribution in [2.75, 3.05) is 13.2 Å². The molecule has 0 fully saturated rings. The summed E-state index contributed by atoms with van der Waals surface area (Å²) in [5, 5.41) is 27.3. The molecule has 2 N–H and O–H groups in total. The fourth-order valence-electron chi connectivity index (χ4n) is 1.01. The molecule has 0 bridgehead atoms. The quantitative estimate of drug-likeness (QED) is 0.429. The maximum Gasteiger partial charge on any atom is 0.213 e. The number of hydrogen-bond acceptors (Lipinski definition) is 4. The van der Waals surface area contributed by atoms with Crippen molar-refractivity contribution in [3.8, 4) is 0 Å². The first-order chi connectivity index (χ1) is 5.72. The van der Waals surface area contributed by atoms with Crippen LogP contribution in [0.15, 0.2) is 0 Å². The molecule has 0 unspecified atom stereocenters. The van der Waals surface area contributed by atoms with Gasteiger partial charge in [0.2, 0.25) is 6.04 Å². The van der Waals surface area contributed by atoms with Gasteiger partial charge in [-0.15, -0.1) is 0 Å². The van der Waals surface area contributed by atoms with E-state index in [4.69, 9.17) is 10.2 Å². The van der Waals surface area contributed by atoms with E-state index in [0.29, 0.717) is 25.7 Å². The van der Waals surface area contributed by atoms with Gasteiger partial charge in [0.15, 0.2) is 0 Å². The summed E-state index contributed by atoms with van der Waals surface area (Å²) >= 11 is 0. The molecule has 0 aliphatic heterocycles. The van der Waals surface area contributed by atoms with Crippen molar-refractivity contribution in [3.05, 3.63) is 10.1 Å². The topological polar surface area (TPSA) is 83.6 Å². The van der Waals surface area contributed by atoms with Crippen molar-refractivity contribution < 1.29 is 15.1 Å². The van der Waals surface area contributed by atoms with E-state index in [1.165, 1.54) is 0 Å². The third kappa shape index (κ3) is 5.03. The first kappa shape index (κ1) is 11.3. The predicted octanol–water partition coefficient (Wildman–Crippen LogP) is 0.177. The fraction of sp³-hybridized carbons (Fsp3) is 1.00. The number of rotatable bonds is 7. The molecule has 0 saturated carbocycles. The van der Waals surface area contributed by atoms with Crippen molar-refractivity contribution in [1.82, 2.24) is 0 Å². The Bertz CT molecular complexity index is 121. The molecule has 0 amide bonds. The first-order valence-electron chi connectivity index (χ1n) is 4.07. The molecule has 0 aromatic carbocycles. The molecule has 0 saturated heterocycles. The molecule has 72 valence electrons. The molecule has 0 aromatic rings. The predicted molar refractivity (Wildman–Crippen MR) is 43.4 cm³/mol. The van der Waals surface area contributed by atoms with Crippen LogP contribution in [0.1, 0.15) is 25.7 Å². The maximum atomic E-state index is 10.4. The third-order valence-corrected chi connectivity index (χ3v) is 1.69. The van der Waals surface area contributed by atoms with Crippen molar-refractivity contribution in [3.63, 3.8) is 0 Å². The summed E-state index contributed by atoms with van der Waals surface area (Å²) in [6.45, 7) is -0.0209. The second-order valence-corrected chi connectivity index (χ2v) is 2.67. The van der Waals surface area contributed by atoms with Crippen LogP contribution in [0.4, 0.5) is 0 Å². The van der Waals surface area contributed by atoms with Crippen molar-refractivity contribution in [2.45, 2.75) is 31.7 Å². The summed E-state index contributed by atoms with van der Waals surface area (Å²) in [5.74, 6) is 0. The Labute approximate surface area is 71.2 Å². The van der Waals surface area contributed by atoms with Crippen LogP contribution in [0, 0.1) is 10.1 Å². The van der Waals surface area contributed by atoms with Crippen LogP contribution >= 0.6 is 0 Å². The Kier molecular flexibility index (Phi) is 6.60. The smallest absolute Gasteiger partial charge is 0.213 e. The second kappa shape index (κ2) is 7.00. The molecule has 5 nitrogen and oxygen atoms in total. The molecule has 0 spiro atoms. The van der Waals surface area contributed by atoms with Gasteiger partial charge in [0.25, 0.3) is 0 Å². The van der Waals surface area contributed by atoms with Gasteiger partial charge >= 0.3 is 0 Å². The second-order valence-electron chi connectivity index (χ2n) is 2.67. The Balaban J connectivity index is 3.62. The summed E-state index contributed by atoms with van der Waals surface area (Å²) in [7, 11) is 0. The molecule has 12 heavy (non-hydrogen) atoms. The molecular weight excluding hydrogens is 162 g/mol. The molecule has 0 aliphatic rings.